The smallest absolute Gasteiger partial charge is 0.273 e. The second kappa shape index (κ2) is 9.32. The second-order valence-corrected chi connectivity index (χ2v) is 6.39. The number of nitrogens with one attached hydrogen (secondary N) is 1. The Morgan fingerprint density at radius 3 is 2.88 bits per heavy atom. The van der Waals surface area contributed by atoms with Gasteiger partial charge in [-0.15, -0.1) is 36.2 Å². The van der Waals surface area contributed by atoms with Gasteiger partial charge in [0.2, 0.25) is 0 Å². The molecule has 1 aliphatic heterocycles. The van der Waals surface area contributed by atoms with Crippen LogP contribution >= 0.6 is 36.2 Å². The number of carbonyl (C=O) groups is 1. The molecule has 1 aromatic heterocycles. The Labute approximate surface area is 157 Å². The van der Waals surface area contributed by atoms with E-state index < -0.39 is 0 Å². The van der Waals surface area contributed by atoms with E-state index in [4.69, 9.17) is 0 Å². The number of nitrogens with zero attached hydrogens (tertiary/aromatic N) is 2. The van der Waals surface area contributed by atoms with Crippen LogP contribution in [-0.4, -0.2) is 41.5 Å². The fourth-order valence-electron chi connectivity index (χ4n) is 2.58. The van der Waals surface area contributed by atoms with Gasteiger partial charge in [-0.25, -0.2) is 9.37 Å². The van der Waals surface area contributed by atoms with E-state index in [1.54, 1.807) is 23.6 Å². The molecule has 1 amide bonds. The van der Waals surface area contributed by atoms with Gasteiger partial charge in [-0.1, -0.05) is 18.2 Å². The average Bonchev–Trinajstić information content (AvgIpc) is 2.98. The Kier molecular flexibility index (Phi) is 8.09. The molecule has 0 bridgehead atoms. The zero-order chi connectivity index (χ0) is 15.5. The maximum Gasteiger partial charge on any atom is 0.273 e. The summed E-state index contributed by atoms with van der Waals surface area (Å²) in [5.74, 6) is -0.272. The number of thiazole rings is 1. The normalized spacial score (nSPS) is 16.9. The van der Waals surface area contributed by atoms with E-state index in [0.717, 1.165) is 18.1 Å². The minimum atomic E-state index is -0.235. The maximum atomic E-state index is 13.7. The van der Waals surface area contributed by atoms with E-state index in [2.05, 4.69) is 10.3 Å². The van der Waals surface area contributed by atoms with E-state index in [1.807, 2.05) is 11.8 Å². The molecule has 1 saturated heterocycles. The van der Waals surface area contributed by atoms with Gasteiger partial charge in [0.25, 0.3) is 5.91 Å². The quantitative estimate of drug-likeness (QED) is 0.873. The van der Waals surface area contributed by atoms with Gasteiger partial charge in [0.1, 0.15) is 11.5 Å². The third-order valence-corrected chi connectivity index (χ3v) is 4.68. The van der Waals surface area contributed by atoms with Crippen molar-refractivity contribution >= 4 is 42.1 Å². The van der Waals surface area contributed by atoms with Crippen molar-refractivity contribution in [2.75, 3.05) is 19.6 Å². The number of hydrogen-bond acceptors (Lipinski definition) is 4. The van der Waals surface area contributed by atoms with Crippen molar-refractivity contribution in [2.45, 2.75) is 19.4 Å². The minimum absolute atomic E-state index is 0. The molecule has 2 heterocycles. The third kappa shape index (κ3) is 4.66. The average molecular weight is 392 g/mol. The number of rotatable bonds is 3. The Hall–Kier alpha value is -1.21. The molecule has 1 unspecified atom stereocenters. The Morgan fingerprint density at radius 1 is 1.42 bits per heavy atom. The highest BCUT2D eigenvalue weighted by atomic mass is 35.5. The van der Waals surface area contributed by atoms with E-state index >= 15 is 0 Å². The molecule has 0 spiro atoms. The molecule has 4 nitrogen and oxygen atoms in total. The topological polar surface area (TPSA) is 45.2 Å². The van der Waals surface area contributed by atoms with Crippen LogP contribution in [0.4, 0.5) is 4.39 Å². The van der Waals surface area contributed by atoms with Crippen molar-refractivity contribution in [1.82, 2.24) is 15.2 Å². The molecule has 1 fully saturated rings. The third-order valence-electron chi connectivity index (χ3n) is 3.83. The fourth-order valence-corrected chi connectivity index (χ4v) is 3.38. The number of aromatic nitrogens is 1. The van der Waals surface area contributed by atoms with Crippen molar-refractivity contribution in [3.63, 3.8) is 0 Å². The monoisotopic (exact) mass is 391 g/mol. The van der Waals surface area contributed by atoms with Crippen molar-refractivity contribution < 1.29 is 9.18 Å². The molecule has 1 N–H and O–H groups in total. The lowest BCUT2D eigenvalue weighted by Gasteiger charge is -2.33. The lowest BCUT2D eigenvalue weighted by molar-refractivity contribution is 0.0650. The van der Waals surface area contributed by atoms with Crippen molar-refractivity contribution in [3.05, 3.63) is 51.7 Å². The zero-order valence-electron chi connectivity index (χ0n) is 13.2. The van der Waals surface area contributed by atoms with Gasteiger partial charge in [0.15, 0.2) is 0 Å². The van der Waals surface area contributed by atoms with Crippen LogP contribution in [0, 0.1) is 5.82 Å². The van der Waals surface area contributed by atoms with Crippen LogP contribution in [0.3, 0.4) is 0 Å². The lowest BCUT2D eigenvalue weighted by atomic mass is 10.1. The first-order chi connectivity index (χ1) is 10.6. The second-order valence-electron chi connectivity index (χ2n) is 5.45. The number of halogens is 3. The first kappa shape index (κ1) is 20.8. The summed E-state index contributed by atoms with van der Waals surface area (Å²) in [5.41, 5.74) is 1.07. The summed E-state index contributed by atoms with van der Waals surface area (Å²) in [6, 6.07) is 6.83. The van der Waals surface area contributed by atoms with Crippen LogP contribution in [0.2, 0.25) is 0 Å². The summed E-state index contributed by atoms with van der Waals surface area (Å²) in [4.78, 5) is 18.8. The van der Waals surface area contributed by atoms with E-state index in [0.29, 0.717) is 24.2 Å². The number of benzene rings is 1. The van der Waals surface area contributed by atoms with Crippen LogP contribution in [0.15, 0.2) is 29.6 Å². The number of carbonyl (C=O) groups excluding carboxylic acids is 1. The van der Waals surface area contributed by atoms with Crippen molar-refractivity contribution in [1.29, 1.82) is 0 Å². The minimum Gasteiger partial charge on any atom is -0.332 e. The molecule has 2 aromatic rings. The summed E-state index contributed by atoms with van der Waals surface area (Å²) in [5, 5.41) is 5.79. The highest BCUT2D eigenvalue weighted by Crippen LogP contribution is 2.19. The molecule has 24 heavy (non-hydrogen) atoms. The highest BCUT2D eigenvalue weighted by Gasteiger charge is 2.25. The van der Waals surface area contributed by atoms with Gasteiger partial charge in [-0.2, -0.15) is 0 Å². The van der Waals surface area contributed by atoms with Crippen LogP contribution < -0.4 is 5.32 Å². The van der Waals surface area contributed by atoms with Crippen LogP contribution in [0.25, 0.3) is 0 Å². The van der Waals surface area contributed by atoms with Gasteiger partial charge in [0.05, 0.1) is 5.01 Å². The van der Waals surface area contributed by atoms with E-state index in [9.17, 15) is 9.18 Å². The predicted molar refractivity (Wildman–Crippen MR) is 99.2 cm³/mol. The summed E-state index contributed by atoms with van der Waals surface area (Å²) in [7, 11) is 0. The first-order valence-corrected chi connectivity index (χ1v) is 8.22. The summed E-state index contributed by atoms with van der Waals surface area (Å²) >= 11 is 1.41. The van der Waals surface area contributed by atoms with Crippen molar-refractivity contribution in [3.8, 4) is 0 Å². The highest BCUT2D eigenvalue weighted by molar-refractivity contribution is 7.09. The van der Waals surface area contributed by atoms with Gasteiger partial charge in [-0.05, 0) is 18.6 Å². The largest absolute Gasteiger partial charge is 0.332 e. The van der Waals surface area contributed by atoms with Crippen LogP contribution in [0.5, 0.6) is 0 Å². The molecule has 8 heteroatoms. The Morgan fingerprint density at radius 2 is 2.17 bits per heavy atom. The fraction of sp³-hybridized carbons (Fsp3) is 0.375. The number of piperazine rings is 1. The van der Waals surface area contributed by atoms with Gasteiger partial charge in [-0.3, -0.25) is 4.79 Å². The SMILES string of the molecule is CC1CNCCN1C(=O)c1csc(Cc2ccccc2F)n1.Cl.Cl. The van der Waals surface area contributed by atoms with E-state index in [-0.39, 0.29) is 42.6 Å². The zero-order valence-corrected chi connectivity index (χ0v) is 15.6. The molecule has 1 aliphatic rings. The standard InChI is InChI=1S/C16H18FN3OS.2ClH/c1-11-9-18-6-7-20(11)16(21)14-10-22-15(19-14)8-12-4-2-3-5-13(12)17;;/h2-5,10-11,18H,6-9H2,1H3;2*1H. The van der Waals surface area contributed by atoms with Gasteiger partial charge < -0.3 is 10.2 Å². The maximum absolute atomic E-state index is 13.7. The lowest BCUT2D eigenvalue weighted by Crippen LogP contribution is -2.52. The van der Waals surface area contributed by atoms with Crippen LogP contribution in [-0.2, 0) is 6.42 Å². The summed E-state index contributed by atoms with van der Waals surface area (Å²) in [6.45, 7) is 4.33. The van der Waals surface area contributed by atoms with Crippen molar-refractivity contribution in [2.24, 2.45) is 0 Å². The molecule has 132 valence electrons. The molecular formula is C16H20Cl2FN3OS. The Bertz CT molecular complexity index is 683. The van der Waals surface area contributed by atoms with Gasteiger partial charge in [0, 0.05) is 37.5 Å². The molecule has 0 saturated carbocycles. The molecule has 1 aromatic carbocycles. The number of amides is 1. The Balaban J connectivity index is 0.00000144. The molecule has 1 atom stereocenters. The molecule has 3 rings (SSSR count). The molecular weight excluding hydrogens is 372 g/mol. The summed E-state index contributed by atoms with van der Waals surface area (Å²) < 4.78 is 13.7. The van der Waals surface area contributed by atoms with Gasteiger partial charge >= 0.3 is 0 Å². The predicted octanol–water partition coefficient (Wildman–Crippen LogP) is 3.15. The molecule has 0 radical (unpaired) electrons. The molecule has 0 aliphatic carbocycles. The van der Waals surface area contributed by atoms with Crippen LogP contribution in [0.1, 0.15) is 28.0 Å². The first-order valence-electron chi connectivity index (χ1n) is 7.34. The summed E-state index contributed by atoms with van der Waals surface area (Å²) in [6.07, 6.45) is 0.418. The number of hydrogen-bond donors (Lipinski definition) is 1. The van der Waals surface area contributed by atoms with E-state index in [1.165, 1.54) is 17.4 Å².